The van der Waals surface area contributed by atoms with E-state index in [4.69, 9.17) is 32.5 Å². The van der Waals surface area contributed by atoms with Gasteiger partial charge in [-0.2, -0.15) is 4.98 Å². The van der Waals surface area contributed by atoms with E-state index in [0.29, 0.717) is 28.2 Å². The summed E-state index contributed by atoms with van der Waals surface area (Å²) < 4.78 is 11.0. The van der Waals surface area contributed by atoms with Crippen LogP contribution in [-0.2, 0) is 22.2 Å². The zero-order valence-corrected chi connectivity index (χ0v) is 24.2. The molecule has 1 saturated heterocycles. The standard InChI is InChI=1S/C30H35Cl2N3O4/c1-28(2,3)38-27(36)35-18-30(37,19-35)21-9-7-20(8-10-21)26-33-25(39-34-26)11-14-29(12-5-4-6-13-29)22-15-23(31)17-24(32)16-22/h7-10,15-17,37H,4-6,11-14,18-19H2,1-3H3. The second kappa shape index (κ2) is 10.8. The van der Waals surface area contributed by atoms with Gasteiger partial charge < -0.3 is 19.3 Å². The van der Waals surface area contributed by atoms with Gasteiger partial charge in [-0.1, -0.05) is 71.9 Å². The first-order chi connectivity index (χ1) is 18.4. The topological polar surface area (TPSA) is 88.7 Å². The minimum Gasteiger partial charge on any atom is -0.444 e. The Bertz CT molecular complexity index is 1300. The fourth-order valence-corrected chi connectivity index (χ4v) is 6.27. The second-order valence-electron chi connectivity index (χ2n) is 12.0. The molecule has 1 saturated carbocycles. The Morgan fingerprint density at radius 2 is 1.67 bits per heavy atom. The fourth-order valence-electron chi connectivity index (χ4n) is 5.74. The van der Waals surface area contributed by atoms with Crippen LogP contribution in [0, 0.1) is 0 Å². The van der Waals surface area contributed by atoms with E-state index in [-0.39, 0.29) is 18.5 Å². The summed E-state index contributed by atoms with van der Waals surface area (Å²) in [5, 5.41) is 16.5. The maximum Gasteiger partial charge on any atom is 0.410 e. The molecule has 7 nitrogen and oxygen atoms in total. The zero-order chi connectivity index (χ0) is 27.8. The molecule has 0 unspecified atom stereocenters. The number of nitrogens with zero attached hydrogens (tertiary/aromatic N) is 3. The second-order valence-corrected chi connectivity index (χ2v) is 12.8. The molecule has 2 fully saturated rings. The molecule has 1 aliphatic heterocycles. The number of carbonyl (C=O) groups excluding carboxylic acids is 1. The summed E-state index contributed by atoms with van der Waals surface area (Å²) in [6, 6.07) is 13.3. The number of aliphatic hydroxyl groups is 1. The van der Waals surface area contributed by atoms with Gasteiger partial charge in [0.2, 0.25) is 11.7 Å². The summed E-state index contributed by atoms with van der Waals surface area (Å²) in [7, 11) is 0. The molecule has 5 rings (SSSR count). The van der Waals surface area contributed by atoms with Crippen LogP contribution in [0.15, 0.2) is 47.0 Å². The molecule has 0 radical (unpaired) electrons. The molecular formula is C30H35Cl2N3O4. The van der Waals surface area contributed by atoms with Crippen LogP contribution in [0.5, 0.6) is 0 Å². The predicted octanol–water partition coefficient (Wildman–Crippen LogP) is 7.32. The third-order valence-corrected chi connectivity index (χ3v) is 8.24. The Morgan fingerprint density at radius 3 is 2.28 bits per heavy atom. The molecule has 1 aromatic heterocycles. The Kier molecular flexibility index (Phi) is 7.70. The lowest BCUT2D eigenvalue weighted by molar-refractivity contribution is -0.103. The number of hydrogen-bond acceptors (Lipinski definition) is 6. The maximum atomic E-state index is 12.2. The summed E-state index contributed by atoms with van der Waals surface area (Å²) in [6.07, 6.45) is 6.88. The third-order valence-electron chi connectivity index (χ3n) is 7.81. The van der Waals surface area contributed by atoms with Gasteiger partial charge in [0.25, 0.3) is 0 Å². The van der Waals surface area contributed by atoms with Gasteiger partial charge in [-0.15, -0.1) is 0 Å². The minimum atomic E-state index is -1.10. The summed E-state index contributed by atoms with van der Waals surface area (Å²) >= 11 is 12.7. The van der Waals surface area contributed by atoms with Crippen LogP contribution < -0.4 is 0 Å². The predicted molar refractivity (Wildman–Crippen MR) is 151 cm³/mol. The highest BCUT2D eigenvalue weighted by Crippen LogP contribution is 2.44. The molecule has 39 heavy (non-hydrogen) atoms. The largest absolute Gasteiger partial charge is 0.444 e. The molecular weight excluding hydrogens is 537 g/mol. The molecule has 0 atom stereocenters. The lowest BCUT2D eigenvalue weighted by Gasteiger charge is -2.46. The van der Waals surface area contributed by atoms with Crippen molar-refractivity contribution < 1.29 is 19.2 Å². The van der Waals surface area contributed by atoms with Gasteiger partial charge in [0.1, 0.15) is 11.2 Å². The number of halogens is 2. The number of benzene rings is 2. The van der Waals surface area contributed by atoms with Gasteiger partial charge in [0, 0.05) is 22.0 Å². The summed E-state index contributed by atoms with van der Waals surface area (Å²) in [5.41, 5.74) is 1.04. The smallest absolute Gasteiger partial charge is 0.410 e. The Morgan fingerprint density at radius 1 is 1.03 bits per heavy atom. The van der Waals surface area contributed by atoms with E-state index in [0.717, 1.165) is 30.4 Å². The highest BCUT2D eigenvalue weighted by atomic mass is 35.5. The van der Waals surface area contributed by atoms with Crippen molar-refractivity contribution in [1.82, 2.24) is 15.0 Å². The van der Waals surface area contributed by atoms with Crippen LogP contribution in [0.1, 0.15) is 76.3 Å². The number of ether oxygens (including phenoxy) is 1. The van der Waals surface area contributed by atoms with E-state index in [9.17, 15) is 9.90 Å². The number of rotatable bonds is 6. The van der Waals surface area contributed by atoms with E-state index in [1.165, 1.54) is 29.7 Å². The number of amides is 1. The molecule has 0 bridgehead atoms. The highest BCUT2D eigenvalue weighted by molar-refractivity contribution is 6.34. The van der Waals surface area contributed by atoms with Crippen LogP contribution in [-0.4, -0.2) is 44.9 Å². The average molecular weight is 573 g/mol. The summed E-state index contributed by atoms with van der Waals surface area (Å²) in [5.74, 6) is 1.11. The summed E-state index contributed by atoms with van der Waals surface area (Å²) in [6.45, 7) is 5.84. The van der Waals surface area contributed by atoms with E-state index in [1.54, 1.807) is 6.07 Å². The van der Waals surface area contributed by atoms with Crippen molar-refractivity contribution in [2.45, 2.75) is 82.3 Å². The van der Waals surface area contributed by atoms with Crippen molar-refractivity contribution in [1.29, 1.82) is 0 Å². The van der Waals surface area contributed by atoms with Crippen LogP contribution in [0.25, 0.3) is 11.4 Å². The van der Waals surface area contributed by atoms with E-state index in [2.05, 4.69) is 10.1 Å². The maximum absolute atomic E-state index is 12.2. The Balaban J connectivity index is 1.23. The third kappa shape index (κ3) is 6.26. The summed E-state index contributed by atoms with van der Waals surface area (Å²) in [4.78, 5) is 18.4. The first-order valence-electron chi connectivity index (χ1n) is 13.6. The number of β-amino-alcohol motifs (C(OH)–C–C–N with tert-alkyl or cyclic N) is 1. The Hall–Kier alpha value is -2.61. The lowest BCUT2D eigenvalue weighted by atomic mass is 9.67. The van der Waals surface area contributed by atoms with Gasteiger partial charge >= 0.3 is 6.09 Å². The van der Waals surface area contributed by atoms with Crippen LogP contribution in [0.3, 0.4) is 0 Å². The molecule has 1 aliphatic carbocycles. The average Bonchev–Trinajstić information content (AvgIpc) is 3.34. The van der Waals surface area contributed by atoms with Crippen LogP contribution >= 0.6 is 23.2 Å². The normalized spacial score (nSPS) is 18.5. The zero-order valence-electron chi connectivity index (χ0n) is 22.7. The first kappa shape index (κ1) is 27.9. The number of aromatic nitrogens is 2. The molecule has 0 spiro atoms. The van der Waals surface area contributed by atoms with Crippen molar-refractivity contribution in [2.24, 2.45) is 0 Å². The molecule has 3 aromatic rings. The van der Waals surface area contributed by atoms with Crippen molar-refractivity contribution in [3.63, 3.8) is 0 Å². The highest BCUT2D eigenvalue weighted by Gasteiger charge is 2.46. The quantitative estimate of drug-likeness (QED) is 0.333. The van der Waals surface area contributed by atoms with Crippen molar-refractivity contribution >= 4 is 29.3 Å². The molecule has 9 heteroatoms. The van der Waals surface area contributed by atoms with Crippen molar-refractivity contribution in [3.8, 4) is 11.4 Å². The number of aryl methyl sites for hydroxylation is 1. The lowest BCUT2D eigenvalue weighted by Crippen LogP contribution is -2.61. The number of carbonyl (C=O) groups is 1. The van der Waals surface area contributed by atoms with Crippen molar-refractivity contribution in [2.75, 3.05) is 13.1 Å². The van der Waals surface area contributed by atoms with Crippen LogP contribution in [0.2, 0.25) is 10.0 Å². The number of hydrogen-bond donors (Lipinski definition) is 1. The monoisotopic (exact) mass is 571 g/mol. The SMILES string of the molecule is CC(C)(C)OC(=O)N1CC(O)(c2ccc(-c3noc(CCC4(c5cc(Cl)cc(Cl)c5)CCCCC4)n3)cc2)C1. The van der Waals surface area contributed by atoms with Gasteiger partial charge in [-0.3, -0.25) is 0 Å². The molecule has 2 aliphatic rings. The number of likely N-dealkylation sites (tertiary alicyclic amines) is 1. The molecule has 2 aromatic carbocycles. The minimum absolute atomic E-state index is 0.00548. The van der Waals surface area contributed by atoms with Crippen LogP contribution in [0.4, 0.5) is 4.79 Å². The molecule has 1 amide bonds. The Labute approximate surface area is 239 Å². The molecule has 1 N–H and O–H groups in total. The van der Waals surface area contributed by atoms with E-state index in [1.807, 2.05) is 57.2 Å². The van der Waals surface area contributed by atoms with E-state index >= 15 is 0 Å². The first-order valence-corrected chi connectivity index (χ1v) is 14.3. The van der Waals surface area contributed by atoms with Gasteiger partial charge in [0.05, 0.1) is 13.1 Å². The van der Waals surface area contributed by atoms with E-state index < -0.39 is 17.3 Å². The molecule has 208 valence electrons. The fraction of sp³-hybridized carbons (Fsp3) is 0.500. The van der Waals surface area contributed by atoms with Gasteiger partial charge in [0.15, 0.2) is 0 Å². The van der Waals surface area contributed by atoms with Gasteiger partial charge in [-0.05, 0) is 74.8 Å². The van der Waals surface area contributed by atoms with Crippen molar-refractivity contribution in [3.05, 3.63) is 69.5 Å². The van der Waals surface area contributed by atoms with Gasteiger partial charge in [-0.25, -0.2) is 4.79 Å². The molecule has 2 heterocycles.